The second kappa shape index (κ2) is 5.85. The normalized spacial score (nSPS) is 21.3. The Morgan fingerprint density at radius 2 is 2.00 bits per heavy atom. The molecule has 2 rings (SSSR count). The summed E-state index contributed by atoms with van der Waals surface area (Å²) in [5, 5.41) is 3.45. The van der Waals surface area contributed by atoms with Gasteiger partial charge in [-0.15, -0.1) is 0 Å². The quantitative estimate of drug-likeness (QED) is 0.703. The van der Waals surface area contributed by atoms with Crippen LogP contribution in [0.25, 0.3) is 0 Å². The fourth-order valence-electron chi connectivity index (χ4n) is 2.51. The number of hydrogen-bond donors (Lipinski definition) is 1. The highest BCUT2D eigenvalue weighted by Gasteiger charge is 2.31. The highest BCUT2D eigenvalue weighted by Crippen LogP contribution is 2.34. The molecular formula is C14H26N2O. The van der Waals surface area contributed by atoms with E-state index in [-0.39, 0.29) is 0 Å². The van der Waals surface area contributed by atoms with Gasteiger partial charge in [-0.05, 0) is 38.5 Å². The van der Waals surface area contributed by atoms with E-state index in [1.165, 1.54) is 32.1 Å². The summed E-state index contributed by atoms with van der Waals surface area (Å²) in [6.07, 6.45) is 7.61. The van der Waals surface area contributed by atoms with Crippen LogP contribution >= 0.6 is 0 Å². The Bertz CT molecular complexity index is 259. The van der Waals surface area contributed by atoms with Crippen molar-refractivity contribution in [2.75, 3.05) is 13.1 Å². The number of carbonyl (C=O) groups excluding carboxylic acids is 1. The Hall–Kier alpha value is -0.570. The largest absolute Gasteiger partial charge is 0.339 e. The standard InChI is InChI=1S/C14H26N2O/c1-3-12(9-11-5-6-11)15-10-14(17)16(4-2)13-7-8-13/h11-13,15H,3-10H2,1-2H3. The van der Waals surface area contributed by atoms with E-state index >= 15 is 0 Å². The third kappa shape index (κ3) is 3.98. The zero-order valence-corrected chi connectivity index (χ0v) is 11.2. The highest BCUT2D eigenvalue weighted by molar-refractivity contribution is 5.78. The maximum absolute atomic E-state index is 12.0. The van der Waals surface area contributed by atoms with Crippen LogP contribution in [-0.2, 0) is 4.79 Å². The average Bonchev–Trinajstić information content (AvgIpc) is 3.18. The predicted octanol–water partition coefficient (Wildman–Crippen LogP) is 2.17. The number of nitrogens with one attached hydrogen (secondary N) is 1. The lowest BCUT2D eigenvalue weighted by Gasteiger charge is -2.23. The van der Waals surface area contributed by atoms with E-state index in [1.54, 1.807) is 0 Å². The van der Waals surface area contributed by atoms with Crippen LogP contribution in [0.3, 0.4) is 0 Å². The van der Waals surface area contributed by atoms with Gasteiger partial charge in [0.05, 0.1) is 6.54 Å². The van der Waals surface area contributed by atoms with E-state index in [4.69, 9.17) is 0 Å². The molecule has 0 bridgehead atoms. The van der Waals surface area contributed by atoms with Crippen LogP contribution in [0.4, 0.5) is 0 Å². The topological polar surface area (TPSA) is 32.3 Å². The zero-order chi connectivity index (χ0) is 12.3. The molecule has 17 heavy (non-hydrogen) atoms. The van der Waals surface area contributed by atoms with Gasteiger partial charge in [0.2, 0.25) is 5.91 Å². The van der Waals surface area contributed by atoms with Crippen LogP contribution in [0, 0.1) is 5.92 Å². The van der Waals surface area contributed by atoms with Gasteiger partial charge < -0.3 is 10.2 Å². The predicted molar refractivity (Wildman–Crippen MR) is 69.8 cm³/mol. The minimum atomic E-state index is 0.296. The Balaban J connectivity index is 1.69. The minimum absolute atomic E-state index is 0.296. The molecule has 0 spiro atoms. The maximum Gasteiger partial charge on any atom is 0.236 e. The van der Waals surface area contributed by atoms with Crippen LogP contribution < -0.4 is 5.32 Å². The van der Waals surface area contributed by atoms with E-state index < -0.39 is 0 Å². The van der Waals surface area contributed by atoms with Crippen molar-refractivity contribution >= 4 is 5.91 Å². The van der Waals surface area contributed by atoms with Gasteiger partial charge in [-0.2, -0.15) is 0 Å². The smallest absolute Gasteiger partial charge is 0.236 e. The number of hydrogen-bond acceptors (Lipinski definition) is 2. The summed E-state index contributed by atoms with van der Waals surface area (Å²) < 4.78 is 0. The first-order chi connectivity index (χ1) is 8.24. The van der Waals surface area contributed by atoms with Crippen molar-refractivity contribution in [1.82, 2.24) is 10.2 Å². The molecule has 2 saturated carbocycles. The van der Waals surface area contributed by atoms with Crippen LogP contribution in [-0.4, -0.2) is 36.0 Å². The van der Waals surface area contributed by atoms with Crippen molar-refractivity contribution in [3.8, 4) is 0 Å². The van der Waals surface area contributed by atoms with Crippen molar-refractivity contribution in [3.63, 3.8) is 0 Å². The van der Waals surface area contributed by atoms with Gasteiger partial charge in [-0.25, -0.2) is 0 Å². The molecule has 1 amide bonds. The SMILES string of the molecule is CCC(CC1CC1)NCC(=O)N(CC)C1CC1. The minimum Gasteiger partial charge on any atom is -0.339 e. The molecule has 1 atom stereocenters. The summed E-state index contributed by atoms with van der Waals surface area (Å²) in [6, 6.07) is 1.10. The summed E-state index contributed by atoms with van der Waals surface area (Å²) in [4.78, 5) is 14.1. The summed E-state index contributed by atoms with van der Waals surface area (Å²) in [5.74, 6) is 1.23. The highest BCUT2D eigenvalue weighted by atomic mass is 16.2. The van der Waals surface area contributed by atoms with Gasteiger partial charge in [-0.1, -0.05) is 19.8 Å². The molecule has 98 valence electrons. The first kappa shape index (κ1) is 12.9. The third-order valence-electron chi connectivity index (χ3n) is 4.00. The van der Waals surface area contributed by atoms with Crippen molar-refractivity contribution in [3.05, 3.63) is 0 Å². The first-order valence-corrected chi connectivity index (χ1v) is 7.27. The van der Waals surface area contributed by atoms with Gasteiger partial charge in [0, 0.05) is 18.6 Å². The molecule has 2 aliphatic carbocycles. The van der Waals surface area contributed by atoms with Gasteiger partial charge in [0.25, 0.3) is 0 Å². The fourth-order valence-corrected chi connectivity index (χ4v) is 2.51. The molecule has 3 nitrogen and oxygen atoms in total. The monoisotopic (exact) mass is 238 g/mol. The van der Waals surface area contributed by atoms with Crippen molar-refractivity contribution in [1.29, 1.82) is 0 Å². The Kier molecular flexibility index (Phi) is 4.43. The van der Waals surface area contributed by atoms with Gasteiger partial charge >= 0.3 is 0 Å². The van der Waals surface area contributed by atoms with Gasteiger partial charge in [-0.3, -0.25) is 4.79 Å². The number of nitrogens with zero attached hydrogens (tertiary/aromatic N) is 1. The summed E-state index contributed by atoms with van der Waals surface area (Å²) >= 11 is 0. The van der Waals surface area contributed by atoms with Crippen molar-refractivity contribution in [2.45, 2.75) is 64.5 Å². The molecule has 1 N–H and O–H groups in total. The number of amides is 1. The maximum atomic E-state index is 12.0. The molecular weight excluding hydrogens is 212 g/mol. The van der Waals surface area contributed by atoms with E-state index in [0.717, 1.165) is 18.9 Å². The van der Waals surface area contributed by atoms with Crippen LogP contribution in [0.1, 0.15) is 52.4 Å². The fraction of sp³-hybridized carbons (Fsp3) is 0.929. The molecule has 0 heterocycles. The molecule has 3 heteroatoms. The first-order valence-electron chi connectivity index (χ1n) is 7.27. The number of carbonyl (C=O) groups is 1. The second-order valence-electron chi connectivity index (χ2n) is 5.58. The zero-order valence-electron chi connectivity index (χ0n) is 11.2. The van der Waals surface area contributed by atoms with E-state index in [1.807, 2.05) is 4.90 Å². The lowest BCUT2D eigenvalue weighted by atomic mass is 10.1. The van der Waals surface area contributed by atoms with Gasteiger partial charge in [0.1, 0.15) is 0 Å². The molecule has 0 aromatic heterocycles. The summed E-state index contributed by atoms with van der Waals surface area (Å²) in [7, 11) is 0. The molecule has 0 aromatic rings. The van der Waals surface area contributed by atoms with Crippen molar-refractivity contribution < 1.29 is 4.79 Å². The van der Waals surface area contributed by atoms with Gasteiger partial charge in [0.15, 0.2) is 0 Å². The molecule has 2 fully saturated rings. The molecule has 0 aliphatic heterocycles. The number of rotatable bonds is 8. The van der Waals surface area contributed by atoms with Crippen LogP contribution in [0.5, 0.6) is 0 Å². The molecule has 0 saturated heterocycles. The second-order valence-corrected chi connectivity index (χ2v) is 5.58. The third-order valence-corrected chi connectivity index (χ3v) is 4.00. The molecule has 0 radical (unpaired) electrons. The molecule has 0 aromatic carbocycles. The Morgan fingerprint density at radius 3 is 2.47 bits per heavy atom. The van der Waals surface area contributed by atoms with E-state index in [9.17, 15) is 4.79 Å². The van der Waals surface area contributed by atoms with Crippen LogP contribution in [0.2, 0.25) is 0 Å². The van der Waals surface area contributed by atoms with E-state index in [0.29, 0.717) is 24.5 Å². The summed E-state index contributed by atoms with van der Waals surface area (Å²) in [5.41, 5.74) is 0. The number of likely N-dealkylation sites (N-methyl/N-ethyl adjacent to an activating group) is 1. The Labute approximate surface area is 105 Å². The lowest BCUT2D eigenvalue weighted by molar-refractivity contribution is -0.130. The molecule has 1 unspecified atom stereocenters. The van der Waals surface area contributed by atoms with Crippen LogP contribution in [0.15, 0.2) is 0 Å². The van der Waals surface area contributed by atoms with E-state index in [2.05, 4.69) is 19.2 Å². The summed E-state index contributed by atoms with van der Waals surface area (Å²) in [6.45, 7) is 5.70. The average molecular weight is 238 g/mol. The Morgan fingerprint density at radius 1 is 1.29 bits per heavy atom. The molecule has 2 aliphatic rings. The van der Waals surface area contributed by atoms with Crippen molar-refractivity contribution in [2.24, 2.45) is 5.92 Å². The lowest BCUT2D eigenvalue weighted by Crippen LogP contribution is -2.42.